The molecule has 5 heteroatoms. The minimum absolute atomic E-state index is 0.122. The zero-order valence-corrected chi connectivity index (χ0v) is 12.7. The summed E-state index contributed by atoms with van der Waals surface area (Å²) in [7, 11) is 1.27. The minimum Gasteiger partial charge on any atom is -0.507 e. The molecule has 0 unspecified atom stereocenters. The highest BCUT2D eigenvalue weighted by Crippen LogP contribution is 2.25. The number of fused-ring (bicyclic) bond motifs is 1. The molecule has 0 spiro atoms. The molecule has 0 amide bonds. The van der Waals surface area contributed by atoms with Crippen molar-refractivity contribution >= 4 is 16.9 Å². The third-order valence-corrected chi connectivity index (χ3v) is 3.69. The summed E-state index contributed by atoms with van der Waals surface area (Å²) in [5.74, 6) is -0.218. The number of H-pyrrole nitrogens is 1. The molecule has 1 heterocycles. The second-order valence-corrected chi connectivity index (χ2v) is 5.13. The molecule has 0 aliphatic heterocycles. The van der Waals surface area contributed by atoms with E-state index < -0.39 is 5.97 Å². The van der Waals surface area contributed by atoms with E-state index in [0.717, 1.165) is 11.9 Å². The molecule has 3 aromatic rings. The lowest BCUT2D eigenvalue weighted by molar-refractivity contribution is 0.0597. The zero-order valence-electron chi connectivity index (χ0n) is 12.7. The Morgan fingerprint density at radius 2 is 2.04 bits per heavy atom. The van der Waals surface area contributed by atoms with Gasteiger partial charge in [-0.25, -0.2) is 4.79 Å². The molecular weight excluding hydrogens is 294 g/mol. The number of aromatic nitrogens is 1. The van der Waals surface area contributed by atoms with Gasteiger partial charge < -0.3 is 19.6 Å². The fourth-order valence-electron chi connectivity index (χ4n) is 2.50. The Morgan fingerprint density at radius 3 is 2.83 bits per heavy atom. The summed E-state index contributed by atoms with van der Waals surface area (Å²) in [6.45, 7) is 0.471. The Hall–Kier alpha value is -2.95. The number of carbonyl (C=O) groups is 1. The van der Waals surface area contributed by atoms with Crippen molar-refractivity contribution in [1.29, 1.82) is 0 Å². The van der Waals surface area contributed by atoms with Crippen LogP contribution >= 0.6 is 0 Å². The molecule has 23 heavy (non-hydrogen) atoms. The maximum Gasteiger partial charge on any atom is 0.341 e. The molecule has 0 aliphatic carbocycles. The first-order chi connectivity index (χ1) is 11.2. The lowest BCUT2D eigenvalue weighted by Crippen LogP contribution is -2.03. The van der Waals surface area contributed by atoms with Gasteiger partial charge in [0, 0.05) is 29.6 Å². The molecule has 0 fully saturated rings. The van der Waals surface area contributed by atoms with Crippen molar-refractivity contribution in [3.05, 3.63) is 59.8 Å². The van der Waals surface area contributed by atoms with E-state index in [0.29, 0.717) is 12.4 Å². The fraction of sp³-hybridized carbons (Fsp3) is 0.167. The van der Waals surface area contributed by atoms with Gasteiger partial charge in [0.05, 0.1) is 13.7 Å². The maximum absolute atomic E-state index is 11.4. The number of phenols is 1. The molecule has 0 aliphatic rings. The minimum atomic E-state index is -0.576. The van der Waals surface area contributed by atoms with Crippen molar-refractivity contribution in [2.45, 2.75) is 6.42 Å². The topological polar surface area (TPSA) is 71.5 Å². The zero-order chi connectivity index (χ0) is 16.2. The highest BCUT2D eigenvalue weighted by atomic mass is 16.5. The van der Waals surface area contributed by atoms with E-state index in [9.17, 15) is 9.90 Å². The Labute approximate surface area is 133 Å². The third kappa shape index (κ3) is 3.13. The average Bonchev–Trinajstić information content (AvgIpc) is 2.98. The first-order valence-electron chi connectivity index (χ1n) is 7.28. The van der Waals surface area contributed by atoms with E-state index in [1.165, 1.54) is 30.2 Å². The SMILES string of the molecule is COC(=O)c1ccc(OCCc2c[nH]c3ccccc23)cc1O. The van der Waals surface area contributed by atoms with Gasteiger partial charge in [-0.15, -0.1) is 0 Å². The number of esters is 1. The number of phenolic OH excluding ortho intramolecular Hbond substituents is 1. The van der Waals surface area contributed by atoms with E-state index in [1.807, 2.05) is 24.4 Å². The summed E-state index contributed by atoms with van der Waals surface area (Å²) >= 11 is 0. The number of benzene rings is 2. The summed E-state index contributed by atoms with van der Waals surface area (Å²) in [4.78, 5) is 14.6. The van der Waals surface area contributed by atoms with Gasteiger partial charge in [-0.1, -0.05) is 18.2 Å². The van der Waals surface area contributed by atoms with Crippen LogP contribution in [0.2, 0.25) is 0 Å². The van der Waals surface area contributed by atoms with Gasteiger partial charge in [0.25, 0.3) is 0 Å². The molecule has 0 saturated heterocycles. The smallest absolute Gasteiger partial charge is 0.341 e. The van der Waals surface area contributed by atoms with Gasteiger partial charge in [0.15, 0.2) is 0 Å². The Bertz CT molecular complexity index is 838. The van der Waals surface area contributed by atoms with E-state index in [2.05, 4.69) is 15.8 Å². The molecular formula is C18H17NO4. The van der Waals surface area contributed by atoms with E-state index in [1.54, 1.807) is 6.07 Å². The second-order valence-electron chi connectivity index (χ2n) is 5.13. The van der Waals surface area contributed by atoms with Crippen LogP contribution in [0.25, 0.3) is 10.9 Å². The predicted molar refractivity (Wildman–Crippen MR) is 86.9 cm³/mol. The van der Waals surface area contributed by atoms with Crippen LogP contribution < -0.4 is 4.74 Å². The normalized spacial score (nSPS) is 10.7. The summed E-state index contributed by atoms with van der Waals surface area (Å²) in [6, 6.07) is 12.6. The number of carbonyl (C=O) groups excluding carboxylic acids is 1. The van der Waals surface area contributed by atoms with Crippen LogP contribution in [-0.2, 0) is 11.2 Å². The molecule has 0 saturated carbocycles. The molecule has 5 nitrogen and oxygen atoms in total. The van der Waals surface area contributed by atoms with Gasteiger partial charge >= 0.3 is 5.97 Å². The van der Waals surface area contributed by atoms with Crippen molar-refractivity contribution in [3.63, 3.8) is 0 Å². The molecule has 118 valence electrons. The highest BCUT2D eigenvalue weighted by Gasteiger charge is 2.12. The number of ether oxygens (including phenoxy) is 2. The first kappa shape index (κ1) is 15.0. The lowest BCUT2D eigenvalue weighted by Gasteiger charge is -2.08. The Kier molecular flexibility index (Phi) is 4.19. The maximum atomic E-state index is 11.4. The van der Waals surface area contributed by atoms with Gasteiger partial charge in [0.2, 0.25) is 0 Å². The van der Waals surface area contributed by atoms with Crippen LogP contribution in [0.15, 0.2) is 48.7 Å². The quantitative estimate of drug-likeness (QED) is 0.709. The van der Waals surface area contributed by atoms with Crippen LogP contribution in [0.1, 0.15) is 15.9 Å². The number of nitrogens with one attached hydrogen (secondary N) is 1. The van der Waals surface area contributed by atoms with Gasteiger partial charge in [-0.3, -0.25) is 0 Å². The van der Waals surface area contributed by atoms with Crippen molar-refractivity contribution in [1.82, 2.24) is 4.98 Å². The molecule has 1 aromatic heterocycles. The van der Waals surface area contributed by atoms with E-state index in [4.69, 9.17) is 4.74 Å². The number of rotatable bonds is 5. The predicted octanol–water partition coefficient (Wildman–Crippen LogP) is 3.28. The number of aromatic amines is 1. The monoisotopic (exact) mass is 311 g/mol. The molecule has 2 aromatic carbocycles. The number of hydrogen-bond donors (Lipinski definition) is 2. The van der Waals surface area contributed by atoms with Crippen LogP contribution in [0.4, 0.5) is 0 Å². The average molecular weight is 311 g/mol. The van der Waals surface area contributed by atoms with Crippen molar-refractivity contribution in [2.24, 2.45) is 0 Å². The van der Waals surface area contributed by atoms with Crippen molar-refractivity contribution < 1.29 is 19.4 Å². The summed E-state index contributed by atoms with van der Waals surface area (Å²) in [6.07, 6.45) is 2.72. The van der Waals surface area contributed by atoms with Gasteiger partial charge in [0.1, 0.15) is 17.1 Å². The molecule has 2 N–H and O–H groups in total. The summed E-state index contributed by atoms with van der Waals surface area (Å²) in [5, 5.41) is 11.0. The number of hydrogen-bond acceptors (Lipinski definition) is 4. The number of aromatic hydroxyl groups is 1. The molecule has 0 atom stereocenters. The number of para-hydroxylation sites is 1. The van der Waals surface area contributed by atoms with Crippen LogP contribution in [0, 0.1) is 0 Å². The summed E-state index contributed by atoms with van der Waals surface area (Å²) < 4.78 is 10.2. The fourth-order valence-corrected chi connectivity index (χ4v) is 2.50. The van der Waals surface area contributed by atoms with Crippen LogP contribution in [-0.4, -0.2) is 29.8 Å². The molecule has 0 radical (unpaired) electrons. The van der Waals surface area contributed by atoms with E-state index in [-0.39, 0.29) is 11.3 Å². The Balaban J connectivity index is 1.65. The van der Waals surface area contributed by atoms with Crippen molar-refractivity contribution in [3.8, 4) is 11.5 Å². The lowest BCUT2D eigenvalue weighted by atomic mass is 10.1. The highest BCUT2D eigenvalue weighted by molar-refractivity contribution is 5.92. The first-order valence-corrected chi connectivity index (χ1v) is 7.28. The van der Waals surface area contributed by atoms with Gasteiger partial charge in [-0.2, -0.15) is 0 Å². The summed E-state index contributed by atoms with van der Waals surface area (Å²) in [5.41, 5.74) is 2.40. The molecule has 3 rings (SSSR count). The van der Waals surface area contributed by atoms with Gasteiger partial charge in [-0.05, 0) is 23.8 Å². The standard InChI is InChI=1S/C18H17NO4/c1-22-18(21)15-7-6-13(10-17(15)20)23-9-8-12-11-19-16-5-3-2-4-14(12)16/h2-7,10-11,19-20H,8-9H2,1H3. The number of methoxy groups -OCH3 is 1. The second kappa shape index (κ2) is 6.44. The van der Waals surface area contributed by atoms with E-state index >= 15 is 0 Å². The van der Waals surface area contributed by atoms with Crippen molar-refractivity contribution in [2.75, 3.05) is 13.7 Å². The molecule has 0 bridgehead atoms. The largest absolute Gasteiger partial charge is 0.507 e. The third-order valence-electron chi connectivity index (χ3n) is 3.69. The van der Waals surface area contributed by atoms with Crippen LogP contribution in [0.3, 0.4) is 0 Å². The Morgan fingerprint density at radius 1 is 1.22 bits per heavy atom. The van der Waals surface area contributed by atoms with Crippen LogP contribution in [0.5, 0.6) is 11.5 Å².